The van der Waals surface area contributed by atoms with Crippen molar-refractivity contribution in [2.45, 2.75) is 0 Å². The van der Waals surface area contributed by atoms with E-state index in [-0.39, 0.29) is 22.3 Å². The van der Waals surface area contributed by atoms with Crippen molar-refractivity contribution in [3.63, 3.8) is 0 Å². The van der Waals surface area contributed by atoms with Crippen LogP contribution in [0.4, 0.5) is 0 Å². The van der Waals surface area contributed by atoms with E-state index in [1.54, 1.807) is 12.1 Å². The van der Waals surface area contributed by atoms with Gasteiger partial charge >= 0.3 is 0 Å². The van der Waals surface area contributed by atoms with E-state index < -0.39 is 5.78 Å². The maximum absolute atomic E-state index is 12.4. The molecule has 0 aliphatic carbocycles. The molecule has 0 spiro atoms. The number of carbonyl (C=O) groups is 1. The third-order valence-electron chi connectivity index (χ3n) is 3.40. The minimum Gasteiger partial charge on any atom is -0.507 e. The number of carbonyl (C=O) groups excluding carboxylic acids is 1. The molecule has 120 valence electrons. The number of phenols is 1. The van der Waals surface area contributed by atoms with Crippen LogP contribution in [0.2, 0.25) is 10.0 Å². The Hall–Kier alpha value is -2.56. The summed E-state index contributed by atoms with van der Waals surface area (Å²) >= 11 is 11.7. The molecule has 0 aliphatic rings. The molecular formula is C18H10Cl2O4. The Morgan fingerprint density at radius 1 is 1.08 bits per heavy atom. The standard InChI is InChI=1S/C18H10Cl2O4/c19-11-2-5-16(22)13(7-11)15(21)4-1-10-9-24-17-6-3-12(20)8-14(17)18(10)23/h1-9,22H/b4-1+. The fourth-order valence-electron chi connectivity index (χ4n) is 2.19. The van der Waals surface area contributed by atoms with Crippen LogP contribution in [0.1, 0.15) is 15.9 Å². The molecule has 24 heavy (non-hydrogen) atoms. The number of phenolic OH excluding ortho intramolecular Hbond substituents is 1. The van der Waals surface area contributed by atoms with E-state index in [0.29, 0.717) is 21.0 Å². The van der Waals surface area contributed by atoms with Crippen molar-refractivity contribution in [1.82, 2.24) is 0 Å². The van der Waals surface area contributed by atoms with Gasteiger partial charge in [0.1, 0.15) is 17.6 Å². The number of halogens is 2. The Balaban J connectivity index is 1.99. The van der Waals surface area contributed by atoms with Crippen LogP contribution in [-0.4, -0.2) is 10.9 Å². The lowest BCUT2D eigenvalue weighted by Gasteiger charge is -2.01. The molecule has 6 heteroatoms. The maximum atomic E-state index is 12.4. The summed E-state index contributed by atoms with van der Waals surface area (Å²) in [5.41, 5.74) is 0.338. The summed E-state index contributed by atoms with van der Waals surface area (Å²) < 4.78 is 5.37. The third-order valence-corrected chi connectivity index (χ3v) is 3.87. The fourth-order valence-corrected chi connectivity index (χ4v) is 2.54. The van der Waals surface area contributed by atoms with Gasteiger partial charge in [0.15, 0.2) is 11.2 Å². The van der Waals surface area contributed by atoms with Gasteiger partial charge in [0, 0.05) is 10.0 Å². The van der Waals surface area contributed by atoms with Gasteiger partial charge in [0.05, 0.1) is 16.5 Å². The van der Waals surface area contributed by atoms with Gasteiger partial charge in [-0.1, -0.05) is 23.2 Å². The topological polar surface area (TPSA) is 67.5 Å². The fraction of sp³-hybridized carbons (Fsp3) is 0. The van der Waals surface area contributed by atoms with Gasteiger partial charge in [0.25, 0.3) is 0 Å². The summed E-state index contributed by atoms with van der Waals surface area (Å²) in [7, 11) is 0. The molecule has 0 amide bonds. The quantitative estimate of drug-likeness (QED) is 0.542. The summed E-state index contributed by atoms with van der Waals surface area (Å²) in [5.74, 6) is -0.674. The van der Waals surface area contributed by atoms with Crippen molar-refractivity contribution in [2.24, 2.45) is 0 Å². The van der Waals surface area contributed by atoms with Crippen molar-refractivity contribution in [3.05, 3.63) is 80.1 Å². The molecule has 0 atom stereocenters. The van der Waals surface area contributed by atoms with Crippen molar-refractivity contribution in [1.29, 1.82) is 0 Å². The first kappa shape index (κ1) is 16.3. The first-order valence-electron chi connectivity index (χ1n) is 6.88. The van der Waals surface area contributed by atoms with E-state index in [2.05, 4.69) is 0 Å². The zero-order chi connectivity index (χ0) is 17.3. The molecule has 3 rings (SSSR count). The zero-order valence-corrected chi connectivity index (χ0v) is 13.6. The monoisotopic (exact) mass is 360 g/mol. The first-order valence-corrected chi connectivity index (χ1v) is 7.63. The molecule has 0 unspecified atom stereocenters. The summed E-state index contributed by atoms with van der Waals surface area (Å²) in [6.07, 6.45) is 3.77. The second-order valence-corrected chi connectivity index (χ2v) is 5.89. The number of hydrogen-bond acceptors (Lipinski definition) is 4. The van der Waals surface area contributed by atoms with Crippen LogP contribution in [0, 0.1) is 0 Å². The Morgan fingerprint density at radius 3 is 2.58 bits per heavy atom. The molecule has 1 heterocycles. The maximum Gasteiger partial charge on any atom is 0.199 e. The Kier molecular flexibility index (Phi) is 4.42. The van der Waals surface area contributed by atoms with Crippen LogP contribution < -0.4 is 5.43 Å². The molecule has 0 aliphatic heterocycles. The van der Waals surface area contributed by atoms with E-state index in [1.165, 1.54) is 42.7 Å². The van der Waals surface area contributed by atoms with Gasteiger partial charge in [-0.05, 0) is 48.6 Å². The van der Waals surface area contributed by atoms with Crippen molar-refractivity contribution >= 4 is 46.0 Å². The van der Waals surface area contributed by atoms with Crippen LogP contribution >= 0.6 is 23.2 Å². The summed E-state index contributed by atoms with van der Waals surface area (Å²) in [6, 6.07) is 8.88. The van der Waals surface area contributed by atoms with Crippen molar-refractivity contribution in [2.75, 3.05) is 0 Å². The van der Waals surface area contributed by atoms with E-state index in [4.69, 9.17) is 27.6 Å². The molecule has 0 bridgehead atoms. The van der Waals surface area contributed by atoms with Crippen molar-refractivity contribution < 1.29 is 14.3 Å². The predicted molar refractivity (Wildman–Crippen MR) is 94.0 cm³/mol. The minimum atomic E-state index is -0.486. The van der Waals surface area contributed by atoms with Gasteiger partial charge in [-0.25, -0.2) is 0 Å². The molecule has 0 radical (unpaired) electrons. The van der Waals surface area contributed by atoms with Crippen molar-refractivity contribution in [3.8, 4) is 5.75 Å². The van der Waals surface area contributed by atoms with E-state index >= 15 is 0 Å². The highest BCUT2D eigenvalue weighted by Gasteiger charge is 2.10. The number of aromatic hydroxyl groups is 1. The summed E-state index contributed by atoms with van der Waals surface area (Å²) in [6.45, 7) is 0. The third kappa shape index (κ3) is 3.20. The van der Waals surface area contributed by atoms with Crippen LogP contribution in [0.15, 0.2) is 57.9 Å². The molecule has 3 aromatic rings. The Bertz CT molecular complexity index is 1030. The molecule has 4 nitrogen and oxygen atoms in total. The lowest BCUT2D eigenvalue weighted by Crippen LogP contribution is -2.05. The SMILES string of the molecule is O=C(/C=C/c1coc2ccc(Cl)cc2c1=O)c1cc(Cl)ccc1O. The molecule has 2 aromatic carbocycles. The lowest BCUT2D eigenvalue weighted by molar-refractivity contribution is 0.104. The number of benzene rings is 2. The highest BCUT2D eigenvalue weighted by Crippen LogP contribution is 2.22. The highest BCUT2D eigenvalue weighted by molar-refractivity contribution is 6.31. The van der Waals surface area contributed by atoms with Crippen LogP contribution in [0.25, 0.3) is 17.0 Å². The largest absolute Gasteiger partial charge is 0.507 e. The molecule has 0 saturated heterocycles. The Labute approximate surface area is 146 Å². The molecule has 0 fully saturated rings. The molecular weight excluding hydrogens is 351 g/mol. The van der Waals surface area contributed by atoms with E-state index in [1.807, 2.05) is 0 Å². The average molecular weight is 361 g/mol. The van der Waals surface area contributed by atoms with E-state index in [0.717, 1.165) is 0 Å². The van der Waals surface area contributed by atoms with Gasteiger partial charge in [-0.2, -0.15) is 0 Å². The molecule has 1 aromatic heterocycles. The minimum absolute atomic E-state index is 0.0481. The zero-order valence-electron chi connectivity index (χ0n) is 12.1. The van der Waals surface area contributed by atoms with Gasteiger partial charge in [-0.3, -0.25) is 9.59 Å². The second kappa shape index (κ2) is 6.51. The number of ketones is 1. The van der Waals surface area contributed by atoms with Gasteiger partial charge in [-0.15, -0.1) is 0 Å². The predicted octanol–water partition coefficient (Wildman–Crippen LogP) is 4.70. The van der Waals surface area contributed by atoms with Gasteiger partial charge < -0.3 is 9.52 Å². The second-order valence-electron chi connectivity index (χ2n) is 5.02. The van der Waals surface area contributed by atoms with Crippen LogP contribution in [0.3, 0.4) is 0 Å². The smallest absolute Gasteiger partial charge is 0.199 e. The average Bonchev–Trinajstić information content (AvgIpc) is 2.56. The number of fused-ring (bicyclic) bond motifs is 1. The van der Waals surface area contributed by atoms with Gasteiger partial charge in [0.2, 0.25) is 0 Å². The number of rotatable bonds is 3. The summed E-state index contributed by atoms with van der Waals surface area (Å²) in [5, 5.41) is 10.8. The molecule has 0 saturated carbocycles. The van der Waals surface area contributed by atoms with E-state index in [9.17, 15) is 14.7 Å². The lowest BCUT2D eigenvalue weighted by atomic mass is 10.1. The first-order chi connectivity index (χ1) is 11.5. The normalized spacial score (nSPS) is 11.2. The Morgan fingerprint density at radius 2 is 1.79 bits per heavy atom. The molecule has 1 N–H and O–H groups in total. The highest BCUT2D eigenvalue weighted by atomic mass is 35.5. The number of hydrogen-bond donors (Lipinski definition) is 1. The number of allylic oxidation sites excluding steroid dienone is 1. The van der Waals surface area contributed by atoms with Crippen LogP contribution in [-0.2, 0) is 0 Å². The van der Waals surface area contributed by atoms with Crippen LogP contribution in [0.5, 0.6) is 5.75 Å². The summed E-state index contributed by atoms with van der Waals surface area (Å²) in [4.78, 5) is 24.6.